The summed E-state index contributed by atoms with van der Waals surface area (Å²) in [4.78, 5) is 51.3. The minimum atomic E-state index is -0.724. The highest BCUT2D eigenvalue weighted by atomic mass is 19.1. The molecule has 3 aromatic carbocycles. The van der Waals surface area contributed by atoms with Crippen molar-refractivity contribution >= 4 is 29.3 Å². The van der Waals surface area contributed by atoms with E-state index in [0.29, 0.717) is 16.7 Å². The molecular weight excluding hydrogens is 441 g/mol. The van der Waals surface area contributed by atoms with Crippen molar-refractivity contribution in [2.75, 3.05) is 19.5 Å². The summed E-state index contributed by atoms with van der Waals surface area (Å²) in [5.41, 5.74) is 1.34. The lowest BCUT2D eigenvalue weighted by molar-refractivity contribution is 0.0642. The standard InChI is InChI=1S/C25H20FN3O5/c1-27-22(30)18-12-15(8-9-20(18)26)28-23(31)19-11-14(7-10-21(19)34-2)13-29-24(32)16-5-3-4-6-17(16)25(29)33/h3-12H,13H2,1-2H3,(H,27,30)(H,28,31). The maximum atomic E-state index is 13.9. The highest BCUT2D eigenvalue weighted by molar-refractivity contribution is 6.21. The van der Waals surface area contributed by atoms with Gasteiger partial charge in [-0.3, -0.25) is 24.1 Å². The first kappa shape index (κ1) is 22.7. The Morgan fingerprint density at radius 3 is 2.21 bits per heavy atom. The van der Waals surface area contributed by atoms with Gasteiger partial charge in [0.05, 0.1) is 35.9 Å². The first-order chi connectivity index (χ1) is 16.3. The number of rotatable bonds is 6. The van der Waals surface area contributed by atoms with E-state index in [9.17, 15) is 23.6 Å². The summed E-state index contributed by atoms with van der Waals surface area (Å²) in [6.45, 7) is -0.0337. The molecule has 0 saturated carbocycles. The number of anilines is 1. The maximum absolute atomic E-state index is 13.9. The number of halogens is 1. The third kappa shape index (κ3) is 4.11. The molecular formula is C25H20FN3O5. The van der Waals surface area contributed by atoms with E-state index in [1.54, 1.807) is 36.4 Å². The summed E-state index contributed by atoms with van der Waals surface area (Å²) in [6, 6.07) is 14.9. The number of hydrogen-bond acceptors (Lipinski definition) is 5. The summed E-state index contributed by atoms with van der Waals surface area (Å²) < 4.78 is 19.2. The van der Waals surface area contributed by atoms with Gasteiger partial charge in [-0.05, 0) is 48.0 Å². The van der Waals surface area contributed by atoms with Gasteiger partial charge >= 0.3 is 0 Å². The molecule has 0 fully saturated rings. The van der Waals surface area contributed by atoms with Crippen molar-refractivity contribution in [1.82, 2.24) is 10.2 Å². The largest absolute Gasteiger partial charge is 0.496 e. The van der Waals surface area contributed by atoms with Crippen LogP contribution in [0.4, 0.5) is 10.1 Å². The monoisotopic (exact) mass is 461 g/mol. The van der Waals surface area contributed by atoms with Gasteiger partial charge in [0, 0.05) is 12.7 Å². The molecule has 0 atom stereocenters. The molecule has 1 aliphatic rings. The number of carbonyl (C=O) groups excluding carboxylic acids is 4. The van der Waals surface area contributed by atoms with Crippen LogP contribution < -0.4 is 15.4 Å². The molecule has 1 heterocycles. The average Bonchev–Trinajstić information content (AvgIpc) is 3.09. The fourth-order valence-electron chi connectivity index (χ4n) is 3.71. The fourth-order valence-corrected chi connectivity index (χ4v) is 3.71. The first-order valence-corrected chi connectivity index (χ1v) is 10.3. The second-order valence-corrected chi connectivity index (χ2v) is 7.50. The second kappa shape index (κ2) is 9.14. The molecule has 0 aromatic heterocycles. The summed E-state index contributed by atoms with van der Waals surface area (Å²) >= 11 is 0. The zero-order valence-corrected chi connectivity index (χ0v) is 18.3. The molecule has 3 aromatic rings. The molecule has 34 heavy (non-hydrogen) atoms. The number of methoxy groups -OCH3 is 1. The van der Waals surface area contributed by atoms with Gasteiger partial charge < -0.3 is 15.4 Å². The molecule has 0 spiro atoms. The highest BCUT2D eigenvalue weighted by Crippen LogP contribution is 2.27. The van der Waals surface area contributed by atoms with Crippen molar-refractivity contribution in [2.24, 2.45) is 0 Å². The molecule has 2 N–H and O–H groups in total. The van der Waals surface area contributed by atoms with Gasteiger partial charge in [0.15, 0.2) is 0 Å². The topological polar surface area (TPSA) is 105 Å². The number of carbonyl (C=O) groups is 4. The number of hydrogen-bond donors (Lipinski definition) is 2. The molecule has 0 unspecified atom stereocenters. The Balaban J connectivity index is 1.59. The van der Waals surface area contributed by atoms with Gasteiger partial charge in [-0.2, -0.15) is 0 Å². The number of imide groups is 1. The van der Waals surface area contributed by atoms with Gasteiger partial charge in [0.2, 0.25) is 0 Å². The smallest absolute Gasteiger partial charge is 0.261 e. The average molecular weight is 461 g/mol. The molecule has 0 aliphatic carbocycles. The lowest BCUT2D eigenvalue weighted by atomic mass is 10.1. The van der Waals surface area contributed by atoms with E-state index in [1.807, 2.05) is 0 Å². The van der Waals surface area contributed by atoms with Crippen molar-refractivity contribution in [2.45, 2.75) is 6.54 Å². The van der Waals surface area contributed by atoms with E-state index in [4.69, 9.17) is 4.74 Å². The summed E-state index contributed by atoms with van der Waals surface area (Å²) in [5.74, 6) is -2.48. The maximum Gasteiger partial charge on any atom is 0.261 e. The zero-order chi connectivity index (χ0) is 24.4. The Morgan fingerprint density at radius 2 is 1.59 bits per heavy atom. The van der Waals surface area contributed by atoms with Crippen LogP contribution in [-0.2, 0) is 6.54 Å². The van der Waals surface area contributed by atoms with Crippen LogP contribution in [0.3, 0.4) is 0 Å². The van der Waals surface area contributed by atoms with E-state index < -0.39 is 29.4 Å². The Morgan fingerprint density at radius 1 is 0.912 bits per heavy atom. The SMILES string of the molecule is CNC(=O)c1cc(NC(=O)c2cc(CN3C(=O)c4ccccc4C3=O)ccc2OC)ccc1F. The summed E-state index contributed by atoms with van der Waals surface area (Å²) in [6.07, 6.45) is 0. The van der Waals surface area contributed by atoms with Crippen molar-refractivity contribution in [3.63, 3.8) is 0 Å². The Kier molecular flexibility index (Phi) is 6.09. The van der Waals surface area contributed by atoms with Crippen LogP contribution in [0.25, 0.3) is 0 Å². The van der Waals surface area contributed by atoms with E-state index in [0.717, 1.165) is 11.0 Å². The highest BCUT2D eigenvalue weighted by Gasteiger charge is 2.35. The third-order valence-electron chi connectivity index (χ3n) is 5.42. The Hall–Kier alpha value is -4.53. The van der Waals surface area contributed by atoms with E-state index in [-0.39, 0.29) is 29.1 Å². The van der Waals surface area contributed by atoms with E-state index in [1.165, 1.54) is 32.4 Å². The fraction of sp³-hybridized carbons (Fsp3) is 0.120. The predicted molar refractivity (Wildman–Crippen MR) is 121 cm³/mol. The van der Waals surface area contributed by atoms with E-state index in [2.05, 4.69) is 10.6 Å². The Bertz CT molecular complexity index is 1300. The molecule has 172 valence electrons. The van der Waals surface area contributed by atoms with Crippen molar-refractivity contribution < 1.29 is 28.3 Å². The number of benzene rings is 3. The van der Waals surface area contributed by atoms with Crippen LogP contribution in [0.5, 0.6) is 5.75 Å². The minimum Gasteiger partial charge on any atom is -0.496 e. The molecule has 4 amide bonds. The molecule has 0 bridgehead atoms. The van der Waals surface area contributed by atoms with Crippen LogP contribution in [0.1, 0.15) is 47.0 Å². The predicted octanol–water partition coefficient (Wildman–Crippen LogP) is 3.24. The van der Waals surface area contributed by atoms with Crippen molar-refractivity contribution in [3.05, 3.63) is 94.3 Å². The number of amides is 4. The molecule has 0 radical (unpaired) electrons. The number of fused-ring (bicyclic) bond motifs is 1. The lowest BCUT2D eigenvalue weighted by Gasteiger charge is -2.16. The van der Waals surface area contributed by atoms with Crippen molar-refractivity contribution in [3.8, 4) is 5.75 Å². The van der Waals surface area contributed by atoms with Crippen LogP contribution in [0.2, 0.25) is 0 Å². The van der Waals surface area contributed by atoms with Gasteiger partial charge in [-0.15, -0.1) is 0 Å². The van der Waals surface area contributed by atoms with Crippen LogP contribution in [0, 0.1) is 5.82 Å². The molecule has 4 rings (SSSR count). The number of ether oxygens (including phenoxy) is 1. The quantitative estimate of drug-likeness (QED) is 0.549. The number of nitrogens with zero attached hydrogens (tertiary/aromatic N) is 1. The van der Waals surface area contributed by atoms with Crippen LogP contribution >= 0.6 is 0 Å². The lowest BCUT2D eigenvalue weighted by Crippen LogP contribution is -2.29. The molecule has 8 nitrogen and oxygen atoms in total. The van der Waals surface area contributed by atoms with Crippen LogP contribution in [0.15, 0.2) is 60.7 Å². The first-order valence-electron chi connectivity index (χ1n) is 10.3. The molecule has 9 heteroatoms. The third-order valence-corrected chi connectivity index (χ3v) is 5.42. The minimum absolute atomic E-state index is 0.0337. The van der Waals surface area contributed by atoms with Crippen LogP contribution in [-0.4, -0.2) is 42.7 Å². The van der Waals surface area contributed by atoms with E-state index >= 15 is 0 Å². The van der Waals surface area contributed by atoms with Gasteiger partial charge in [0.1, 0.15) is 11.6 Å². The van der Waals surface area contributed by atoms with Gasteiger partial charge in [-0.1, -0.05) is 18.2 Å². The normalized spacial score (nSPS) is 12.4. The zero-order valence-electron chi connectivity index (χ0n) is 18.3. The van der Waals surface area contributed by atoms with Gasteiger partial charge in [0.25, 0.3) is 23.6 Å². The van der Waals surface area contributed by atoms with Gasteiger partial charge in [-0.25, -0.2) is 4.39 Å². The molecule has 1 aliphatic heterocycles. The Labute approximate surface area is 194 Å². The number of nitrogens with one attached hydrogen (secondary N) is 2. The summed E-state index contributed by atoms with van der Waals surface area (Å²) in [5, 5.41) is 4.96. The second-order valence-electron chi connectivity index (χ2n) is 7.50. The summed E-state index contributed by atoms with van der Waals surface area (Å²) in [7, 11) is 2.77. The van der Waals surface area contributed by atoms with Crippen molar-refractivity contribution in [1.29, 1.82) is 0 Å². The molecule has 0 saturated heterocycles.